The van der Waals surface area contributed by atoms with Crippen molar-refractivity contribution in [1.82, 2.24) is 9.13 Å². The molecule has 1 aliphatic carbocycles. The lowest BCUT2D eigenvalue weighted by molar-refractivity contribution is -0.385. The van der Waals surface area contributed by atoms with Gasteiger partial charge in [-0.2, -0.15) is 0 Å². The maximum Gasteiger partial charge on any atom is 0.332 e. The van der Waals surface area contributed by atoms with E-state index in [2.05, 4.69) is 5.32 Å². The number of Topliss-reactive ketones (excluding diaryl/α,β-unsaturated/α-hetero) is 1. The Morgan fingerprint density at radius 3 is 2.59 bits per heavy atom. The van der Waals surface area contributed by atoms with Crippen LogP contribution in [0.5, 0.6) is 5.75 Å². The number of hydrogen-bond acceptors (Lipinski definition) is 7. The van der Waals surface area contributed by atoms with Gasteiger partial charge in [-0.3, -0.25) is 28.8 Å². The van der Waals surface area contributed by atoms with Crippen LogP contribution in [0.15, 0.2) is 39.1 Å². The van der Waals surface area contributed by atoms with Crippen LogP contribution in [0, 0.1) is 10.1 Å². The Morgan fingerprint density at radius 1 is 1.17 bits per heavy atom. The third-order valence-electron chi connectivity index (χ3n) is 5.53. The van der Waals surface area contributed by atoms with Crippen LogP contribution in [0.3, 0.4) is 0 Å². The molecule has 1 unspecified atom stereocenters. The van der Waals surface area contributed by atoms with E-state index in [-0.39, 0.29) is 17.2 Å². The van der Waals surface area contributed by atoms with E-state index in [0.29, 0.717) is 36.1 Å². The Bertz CT molecular complexity index is 1240. The molecule has 10 heteroatoms. The van der Waals surface area contributed by atoms with Gasteiger partial charge < -0.3 is 10.4 Å². The van der Waals surface area contributed by atoms with Crippen LogP contribution in [-0.4, -0.2) is 24.9 Å². The first-order chi connectivity index (χ1) is 13.7. The number of nitrogens with one attached hydrogen (secondary N) is 1. The molecular weight excluding hydrogens is 380 g/mol. The van der Waals surface area contributed by atoms with Gasteiger partial charge in [-0.15, -0.1) is 0 Å². The Hall–Kier alpha value is -3.69. The van der Waals surface area contributed by atoms with E-state index in [4.69, 9.17) is 0 Å². The highest BCUT2D eigenvalue weighted by Crippen LogP contribution is 2.44. The fourth-order valence-corrected chi connectivity index (χ4v) is 4.10. The fraction of sp³-hybridized carbons (Fsp3) is 0.316. The van der Waals surface area contributed by atoms with Crippen LogP contribution in [0.1, 0.15) is 36.3 Å². The van der Waals surface area contributed by atoms with E-state index in [1.54, 1.807) is 0 Å². The average Bonchev–Trinajstić information content (AvgIpc) is 2.69. The van der Waals surface area contributed by atoms with Crippen molar-refractivity contribution < 1.29 is 14.8 Å². The number of aromatic hydroxyl groups is 1. The summed E-state index contributed by atoms with van der Waals surface area (Å²) in [6, 6.07) is 3.81. The Labute approximate surface area is 163 Å². The number of allylic oxidation sites excluding steroid dienone is 2. The summed E-state index contributed by atoms with van der Waals surface area (Å²) in [7, 11) is 2.86. The molecule has 10 nitrogen and oxygen atoms in total. The number of phenolic OH excluding ortho intramolecular Hbond substituents is 1. The normalized spacial score (nSPS) is 18.1. The number of carbonyl (C=O) groups is 1. The largest absolute Gasteiger partial charge is 0.502 e. The smallest absolute Gasteiger partial charge is 0.332 e. The van der Waals surface area contributed by atoms with Crippen LogP contribution in [0.25, 0.3) is 0 Å². The lowest BCUT2D eigenvalue weighted by Gasteiger charge is -2.34. The third-order valence-corrected chi connectivity index (χ3v) is 5.53. The zero-order valence-corrected chi connectivity index (χ0v) is 15.8. The molecule has 2 N–H and O–H groups in total. The van der Waals surface area contributed by atoms with Crippen molar-refractivity contribution in [2.24, 2.45) is 14.1 Å². The number of fused-ring (bicyclic) bond motifs is 1. The van der Waals surface area contributed by atoms with Crippen molar-refractivity contribution in [1.29, 1.82) is 0 Å². The van der Waals surface area contributed by atoms with Crippen LogP contribution >= 0.6 is 0 Å². The molecule has 1 aliphatic heterocycles. The minimum absolute atomic E-state index is 0.152. The molecule has 4 rings (SSSR count). The molecule has 2 heterocycles. The molecule has 0 fully saturated rings. The number of nitro groups is 1. The van der Waals surface area contributed by atoms with Crippen molar-refractivity contribution in [3.05, 3.63) is 71.5 Å². The molecule has 2 aromatic rings. The topological polar surface area (TPSA) is 136 Å². The summed E-state index contributed by atoms with van der Waals surface area (Å²) in [5, 5.41) is 24.2. The highest BCUT2D eigenvalue weighted by molar-refractivity contribution is 6.01. The highest BCUT2D eigenvalue weighted by Gasteiger charge is 2.39. The lowest BCUT2D eigenvalue weighted by Crippen LogP contribution is -2.44. The van der Waals surface area contributed by atoms with Gasteiger partial charge >= 0.3 is 11.4 Å². The molecule has 2 aliphatic rings. The third kappa shape index (κ3) is 2.67. The summed E-state index contributed by atoms with van der Waals surface area (Å²) < 4.78 is 2.24. The molecule has 1 aromatic heterocycles. The number of nitrogens with zero attached hydrogens (tertiary/aromatic N) is 3. The zero-order valence-electron chi connectivity index (χ0n) is 15.8. The van der Waals surface area contributed by atoms with Gasteiger partial charge in [-0.05, 0) is 24.5 Å². The molecule has 1 aromatic carbocycles. The predicted octanol–water partition coefficient (Wildman–Crippen LogP) is 1.26. The molecule has 0 amide bonds. The first-order valence-corrected chi connectivity index (χ1v) is 9.02. The zero-order chi connectivity index (χ0) is 21.0. The van der Waals surface area contributed by atoms with Gasteiger partial charge in [0.2, 0.25) is 0 Å². The van der Waals surface area contributed by atoms with E-state index >= 15 is 0 Å². The van der Waals surface area contributed by atoms with Gasteiger partial charge in [-0.25, -0.2) is 4.79 Å². The maximum atomic E-state index is 13.0. The number of ketones is 1. The first-order valence-electron chi connectivity index (χ1n) is 9.02. The van der Waals surface area contributed by atoms with E-state index in [1.807, 2.05) is 0 Å². The Kier molecular flexibility index (Phi) is 4.14. The van der Waals surface area contributed by atoms with Crippen LogP contribution in [-0.2, 0) is 18.9 Å². The van der Waals surface area contributed by atoms with E-state index in [1.165, 1.54) is 36.9 Å². The maximum absolute atomic E-state index is 13.0. The molecule has 0 radical (unpaired) electrons. The number of aromatic nitrogens is 2. The number of phenols is 1. The minimum atomic E-state index is -0.876. The predicted molar refractivity (Wildman–Crippen MR) is 103 cm³/mol. The van der Waals surface area contributed by atoms with Gasteiger partial charge in [0.25, 0.3) is 5.56 Å². The van der Waals surface area contributed by atoms with E-state index in [0.717, 1.165) is 4.57 Å². The second kappa shape index (κ2) is 6.43. The molecule has 0 bridgehead atoms. The molecule has 150 valence electrons. The summed E-state index contributed by atoms with van der Waals surface area (Å²) in [5.41, 5.74) is -0.143. The molecule has 0 saturated heterocycles. The van der Waals surface area contributed by atoms with E-state index in [9.17, 15) is 29.6 Å². The van der Waals surface area contributed by atoms with Crippen LogP contribution in [0.4, 0.5) is 11.5 Å². The lowest BCUT2D eigenvalue weighted by atomic mass is 9.76. The molecule has 0 spiro atoms. The van der Waals surface area contributed by atoms with Crippen LogP contribution in [0.2, 0.25) is 0 Å². The number of anilines is 1. The standard InChI is InChI=1S/C19H18N4O6/c1-21-17-16(18(26)22(2)19(21)27)14(15-10(20-17)4-3-5-13(15)25)9-6-7-12(24)11(8-9)23(28)29/h6-8,14,20,24H,3-5H2,1-2H3. The molecule has 0 saturated carbocycles. The second-order valence-corrected chi connectivity index (χ2v) is 7.20. The number of benzene rings is 1. The van der Waals surface area contributed by atoms with Gasteiger partial charge in [0.05, 0.1) is 10.5 Å². The number of rotatable bonds is 2. The van der Waals surface area contributed by atoms with Crippen molar-refractivity contribution in [2.45, 2.75) is 25.2 Å². The first kappa shape index (κ1) is 18.7. The number of carbonyl (C=O) groups excluding carboxylic acids is 1. The van der Waals surface area contributed by atoms with Gasteiger partial charge in [0.1, 0.15) is 5.82 Å². The average molecular weight is 398 g/mol. The Balaban J connectivity index is 2.09. The number of nitro benzene ring substituents is 1. The second-order valence-electron chi connectivity index (χ2n) is 7.20. The van der Waals surface area contributed by atoms with Crippen molar-refractivity contribution in [3.8, 4) is 5.75 Å². The van der Waals surface area contributed by atoms with Crippen molar-refractivity contribution in [3.63, 3.8) is 0 Å². The highest BCUT2D eigenvalue weighted by atomic mass is 16.6. The molecule has 1 atom stereocenters. The molecule has 29 heavy (non-hydrogen) atoms. The molecular formula is C19H18N4O6. The summed E-state index contributed by atoms with van der Waals surface area (Å²) in [6.45, 7) is 0. The van der Waals surface area contributed by atoms with E-state index < -0.39 is 33.5 Å². The minimum Gasteiger partial charge on any atom is -0.502 e. The summed E-state index contributed by atoms with van der Waals surface area (Å²) in [5.74, 6) is -1.27. The van der Waals surface area contributed by atoms with Crippen molar-refractivity contribution in [2.75, 3.05) is 5.32 Å². The Morgan fingerprint density at radius 2 is 1.90 bits per heavy atom. The quantitative estimate of drug-likeness (QED) is 0.574. The van der Waals surface area contributed by atoms with Gasteiger partial charge in [0, 0.05) is 43.8 Å². The SMILES string of the molecule is Cn1c2c(c(=O)n(C)c1=O)C(c1ccc(O)c([N+](=O)[O-])c1)C1=C(CCCC1=O)N2. The summed E-state index contributed by atoms with van der Waals surface area (Å²) in [4.78, 5) is 48.8. The van der Waals surface area contributed by atoms with Crippen LogP contribution < -0.4 is 16.6 Å². The fourth-order valence-electron chi connectivity index (χ4n) is 4.10. The summed E-state index contributed by atoms with van der Waals surface area (Å²) in [6.07, 6.45) is 1.49. The number of hydrogen-bond donors (Lipinski definition) is 2. The summed E-state index contributed by atoms with van der Waals surface area (Å²) >= 11 is 0. The van der Waals surface area contributed by atoms with Crippen molar-refractivity contribution >= 4 is 17.3 Å². The van der Waals surface area contributed by atoms with Gasteiger partial charge in [0.15, 0.2) is 11.5 Å². The monoisotopic (exact) mass is 398 g/mol. The van der Waals surface area contributed by atoms with Gasteiger partial charge in [-0.1, -0.05) is 6.07 Å².